The Hall–Kier alpha value is -3.20. The largest absolute Gasteiger partial charge is 0.573 e. The molecule has 2 amide bonds. The van der Waals surface area contributed by atoms with Crippen molar-refractivity contribution in [1.82, 2.24) is 5.32 Å². The average molecular weight is 477 g/mol. The number of amides is 2. The van der Waals surface area contributed by atoms with Crippen molar-refractivity contribution in [2.45, 2.75) is 26.3 Å². The first-order valence-electron chi connectivity index (χ1n) is 10.1. The lowest BCUT2D eigenvalue weighted by atomic mass is 9.97. The summed E-state index contributed by atoms with van der Waals surface area (Å²) in [4.78, 5) is 26.1. The summed E-state index contributed by atoms with van der Waals surface area (Å²) in [6.07, 6.45) is -2.85. The molecule has 3 aromatic carbocycles. The fourth-order valence-corrected chi connectivity index (χ4v) is 4.06. The third-order valence-electron chi connectivity index (χ3n) is 4.87. The lowest BCUT2D eigenvalue weighted by Crippen LogP contribution is -2.34. The van der Waals surface area contributed by atoms with E-state index in [0.717, 1.165) is 17.2 Å². The van der Waals surface area contributed by atoms with Gasteiger partial charge in [0.05, 0.1) is 0 Å². The molecule has 0 radical (unpaired) electrons. The van der Waals surface area contributed by atoms with Gasteiger partial charge in [-0.15, -0.1) is 13.2 Å². The number of hydrogen-bond donors (Lipinski definition) is 2. The van der Waals surface area contributed by atoms with Gasteiger partial charge < -0.3 is 15.4 Å². The molecule has 0 aromatic heterocycles. The third-order valence-corrected chi connectivity index (χ3v) is 5.70. The maximum Gasteiger partial charge on any atom is 0.573 e. The fourth-order valence-electron chi connectivity index (χ4n) is 3.48. The Morgan fingerprint density at radius 1 is 1.03 bits per heavy atom. The van der Waals surface area contributed by atoms with E-state index in [1.165, 1.54) is 12.1 Å². The Balaban J connectivity index is 1.92. The van der Waals surface area contributed by atoms with Crippen LogP contribution in [0.2, 0.25) is 0 Å². The van der Waals surface area contributed by atoms with Gasteiger partial charge in [0.15, 0.2) is 0 Å². The van der Waals surface area contributed by atoms with Crippen molar-refractivity contribution in [3.63, 3.8) is 0 Å². The number of hydrogen-bond acceptors (Lipinski definition) is 4. The molecule has 5 nitrogen and oxygen atoms in total. The van der Waals surface area contributed by atoms with Gasteiger partial charge in [0.25, 0.3) is 11.8 Å². The van der Waals surface area contributed by atoms with Crippen LogP contribution in [-0.2, 0) is 0 Å². The molecule has 174 valence electrons. The zero-order chi connectivity index (χ0) is 24.2. The molecule has 0 aliphatic rings. The number of ether oxygens (including phenoxy) is 1. The number of nitrogens with one attached hydrogen (secondary N) is 2. The van der Waals surface area contributed by atoms with E-state index in [-0.39, 0.29) is 23.3 Å². The minimum Gasteiger partial charge on any atom is -0.406 e. The Bertz CT molecular complexity index is 1180. The van der Waals surface area contributed by atoms with Gasteiger partial charge in [0.2, 0.25) is 0 Å². The second-order valence-corrected chi connectivity index (χ2v) is 8.43. The summed E-state index contributed by atoms with van der Waals surface area (Å²) in [6.45, 7) is 3.47. The first-order chi connectivity index (χ1) is 15.6. The van der Waals surface area contributed by atoms with E-state index in [0.29, 0.717) is 22.2 Å². The highest BCUT2D eigenvalue weighted by atomic mass is 32.2. The van der Waals surface area contributed by atoms with Crippen LogP contribution in [-0.4, -0.2) is 36.2 Å². The molecule has 0 aliphatic carbocycles. The van der Waals surface area contributed by atoms with Gasteiger partial charge in [-0.1, -0.05) is 24.3 Å². The van der Waals surface area contributed by atoms with Crippen molar-refractivity contribution in [3.8, 4) is 5.75 Å². The number of alkyl halides is 3. The van der Waals surface area contributed by atoms with Gasteiger partial charge >= 0.3 is 6.36 Å². The number of aryl methyl sites for hydroxylation is 1. The highest BCUT2D eigenvalue weighted by molar-refractivity contribution is 7.98. The maximum atomic E-state index is 13.1. The first-order valence-corrected chi connectivity index (χ1v) is 11.5. The molecule has 1 atom stereocenters. The van der Waals surface area contributed by atoms with Crippen LogP contribution in [0.3, 0.4) is 0 Å². The monoisotopic (exact) mass is 476 g/mol. The number of carbonyl (C=O) groups is 2. The van der Waals surface area contributed by atoms with E-state index < -0.39 is 12.3 Å². The van der Waals surface area contributed by atoms with Crippen LogP contribution < -0.4 is 15.4 Å². The number of carbonyl (C=O) groups excluding carboxylic acids is 2. The highest BCUT2D eigenvalue weighted by Crippen LogP contribution is 2.28. The number of benzene rings is 3. The van der Waals surface area contributed by atoms with Gasteiger partial charge in [-0.25, -0.2) is 0 Å². The van der Waals surface area contributed by atoms with Crippen LogP contribution >= 0.6 is 11.8 Å². The summed E-state index contributed by atoms with van der Waals surface area (Å²) < 4.78 is 41.3. The number of halogens is 3. The zero-order valence-electron chi connectivity index (χ0n) is 18.2. The molecule has 2 N–H and O–H groups in total. The van der Waals surface area contributed by atoms with Crippen molar-refractivity contribution in [2.24, 2.45) is 0 Å². The van der Waals surface area contributed by atoms with Crippen LogP contribution in [0.15, 0.2) is 54.6 Å². The number of rotatable bonds is 7. The van der Waals surface area contributed by atoms with Gasteiger partial charge in [0, 0.05) is 34.0 Å². The third kappa shape index (κ3) is 6.19. The van der Waals surface area contributed by atoms with Crippen LogP contribution in [0.5, 0.6) is 5.75 Å². The molecule has 9 heteroatoms. The Kier molecular flexibility index (Phi) is 7.53. The van der Waals surface area contributed by atoms with E-state index in [1.54, 1.807) is 43.0 Å². The molecule has 3 rings (SSSR count). The summed E-state index contributed by atoms with van der Waals surface area (Å²) in [5, 5.41) is 6.89. The predicted octanol–water partition coefficient (Wildman–Crippen LogP) is 5.78. The Morgan fingerprint density at radius 3 is 2.24 bits per heavy atom. The van der Waals surface area contributed by atoms with E-state index in [2.05, 4.69) is 15.4 Å². The van der Waals surface area contributed by atoms with Gasteiger partial charge in [-0.3, -0.25) is 9.59 Å². The lowest BCUT2D eigenvalue weighted by Gasteiger charge is -2.16. The van der Waals surface area contributed by atoms with E-state index in [1.807, 2.05) is 25.3 Å². The summed E-state index contributed by atoms with van der Waals surface area (Å²) in [5.41, 5.74) is 1.39. The molecule has 0 aliphatic heterocycles. The van der Waals surface area contributed by atoms with E-state index in [4.69, 9.17) is 0 Å². The molecule has 0 heterocycles. The van der Waals surface area contributed by atoms with Crippen LogP contribution in [0.1, 0.15) is 33.2 Å². The normalized spacial score (nSPS) is 12.3. The second kappa shape index (κ2) is 10.2. The number of thioether (sulfide) groups is 1. The van der Waals surface area contributed by atoms with Gasteiger partial charge in [0.1, 0.15) is 5.75 Å². The van der Waals surface area contributed by atoms with Crippen molar-refractivity contribution in [2.75, 3.05) is 17.3 Å². The van der Waals surface area contributed by atoms with Crippen molar-refractivity contribution in [3.05, 3.63) is 71.3 Å². The molecule has 0 spiro atoms. The summed E-state index contributed by atoms with van der Waals surface area (Å²) in [7, 11) is 0. The predicted molar refractivity (Wildman–Crippen MR) is 125 cm³/mol. The van der Waals surface area contributed by atoms with Crippen LogP contribution in [0, 0.1) is 6.92 Å². The summed E-state index contributed by atoms with van der Waals surface area (Å²) in [6, 6.07) is 14.0. The van der Waals surface area contributed by atoms with Crippen molar-refractivity contribution in [1.29, 1.82) is 0 Å². The van der Waals surface area contributed by atoms with Gasteiger partial charge in [-0.05, 0) is 61.4 Å². The van der Waals surface area contributed by atoms with Crippen molar-refractivity contribution < 1.29 is 27.5 Å². The fraction of sp³-hybridized carbons (Fsp3) is 0.250. The molecular formula is C24H23F3N2O3S. The maximum absolute atomic E-state index is 13.1. The van der Waals surface area contributed by atoms with Crippen molar-refractivity contribution >= 4 is 40.0 Å². The molecule has 0 saturated carbocycles. The zero-order valence-corrected chi connectivity index (χ0v) is 19.1. The molecule has 1 unspecified atom stereocenters. The topological polar surface area (TPSA) is 67.4 Å². The molecular weight excluding hydrogens is 453 g/mol. The van der Waals surface area contributed by atoms with E-state index in [9.17, 15) is 22.8 Å². The second-order valence-electron chi connectivity index (χ2n) is 7.52. The molecule has 0 saturated heterocycles. The Morgan fingerprint density at radius 2 is 1.67 bits per heavy atom. The highest BCUT2D eigenvalue weighted by Gasteiger charge is 2.31. The first kappa shape index (κ1) is 24.4. The van der Waals surface area contributed by atoms with Gasteiger partial charge in [-0.2, -0.15) is 11.8 Å². The Labute approximate surface area is 193 Å². The number of anilines is 1. The SMILES string of the molecule is CSCC(C)NC(=O)c1cccc2cccc(C(=O)Nc3ccc(OC(F)(F)F)cc3C)c12. The molecule has 0 fully saturated rings. The standard InChI is InChI=1S/C24H23F3N2O3S/c1-14-12-17(32-24(25,26)27)10-11-20(14)29-23(31)19-9-5-7-16-6-4-8-18(21(16)19)22(30)28-15(2)13-33-3/h4-12,15H,13H2,1-3H3,(H,28,30)(H,29,31). The smallest absolute Gasteiger partial charge is 0.406 e. The average Bonchev–Trinajstić information content (AvgIpc) is 2.73. The van der Waals surface area contributed by atoms with E-state index >= 15 is 0 Å². The molecule has 0 bridgehead atoms. The molecule has 33 heavy (non-hydrogen) atoms. The summed E-state index contributed by atoms with van der Waals surface area (Å²) >= 11 is 1.61. The quantitative estimate of drug-likeness (QED) is 0.454. The minimum atomic E-state index is -4.80. The van der Waals surface area contributed by atoms with Crippen LogP contribution in [0.4, 0.5) is 18.9 Å². The minimum absolute atomic E-state index is 0.0520. The lowest BCUT2D eigenvalue weighted by molar-refractivity contribution is -0.274. The number of fused-ring (bicyclic) bond motifs is 1. The summed E-state index contributed by atoms with van der Waals surface area (Å²) in [5.74, 6) is -0.392. The van der Waals surface area contributed by atoms with Crippen LogP contribution in [0.25, 0.3) is 10.8 Å². The molecule has 3 aromatic rings.